The van der Waals surface area contributed by atoms with Crippen molar-refractivity contribution < 1.29 is 4.79 Å². The summed E-state index contributed by atoms with van der Waals surface area (Å²) in [6.07, 6.45) is 9.01. The lowest BCUT2D eigenvalue weighted by Gasteiger charge is -2.46. The van der Waals surface area contributed by atoms with Crippen LogP contribution in [0.3, 0.4) is 0 Å². The molecule has 1 aliphatic carbocycles. The van der Waals surface area contributed by atoms with Gasteiger partial charge in [-0.1, -0.05) is 43.0 Å². The fourth-order valence-corrected chi connectivity index (χ4v) is 4.46. The predicted molar refractivity (Wildman–Crippen MR) is 102 cm³/mol. The molecule has 2 fully saturated rings. The van der Waals surface area contributed by atoms with E-state index in [9.17, 15) is 4.79 Å². The van der Waals surface area contributed by atoms with Crippen molar-refractivity contribution in [3.05, 3.63) is 34.9 Å². The van der Waals surface area contributed by atoms with E-state index in [1.165, 1.54) is 24.8 Å². The van der Waals surface area contributed by atoms with Crippen LogP contribution in [0.2, 0.25) is 5.02 Å². The summed E-state index contributed by atoms with van der Waals surface area (Å²) in [4.78, 5) is 14.1. The Morgan fingerprint density at radius 1 is 1.04 bits per heavy atom. The van der Waals surface area contributed by atoms with Crippen LogP contribution in [-0.4, -0.2) is 29.9 Å². The molecule has 3 rings (SSSR count). The summed E-state index contributed by atoms with van der Waals surface area (Å²) in [6.45, 7) is 1.80. The van der Waals surface area contributed by atoms with E-state index >= 15 is 0 Å². The topological polar surface area (TPSA) is 46.3 Å². The normalized spacial score (nSPS) is 23.2. The third-order valence-electron chi connectivity index (χ3n) is 5.83. The second-order valence-corrected chi connectivity index (χ2v) is 7.59. The predicted octanol–water partition coefficient (Wildman–Crippen LogP) is 4.38. The van der Waals surface area contributed by atoms with Crippen molar-refractivity contribution in [2.75, 3.05) is 13.1 Å². The van der Waals surface area contributed by atoms with Gasteiger partial charge in [-0.3, -0.25) is 9.69 Å². The molecule has 134 valence electrons. The molecule has 1 aromatic carbocycles. The summed E-state index contributed by atoms with van der Waals surface area (Å²) in [5.41, 5.74) is 7.18. The van der Waals surface area contributed by atoms with Gasteiger partial charge >= 0.3 is 0 Å². The van der Waals surface area contributed by atoms with Gasteiger partial charge < -0.3 is 5.73 Å². The van der Waals surface area contributed by atoms with Crippen LogP contribution in [0.25, 0.3) is 0 Å². The first-order valence-electron chi connectivity index (χ1n) is 8.89. The van der Waals surface area contributed by atoms with Gasteiger partial charge in [0.25, 0.3) is 0 Å². The number of likely N-dealkylation sites (tertiary alicyclic amines) is 1. The minimum atomic E-state index is -0.759. The highest BCUT2D eigenvalue weighted by Crippen LogP contribution is 2.36. The van der Waals surface area contributed by atoms with Crippen LogP contribution in [0.4, 0.5) is 0 Å². The smallest absolute Gasteiger partial charge is 0.154 e. The number of carbonyl (C=O) groups excluding carboxylic acids is 1. The molecule has 5 heteroatoms. The Morgan fingerprint density at radius 2 is 1.62 bits per heavy atom. The molecule has 1 saturated carbocycles. The SMILES string of the molecule is Cl.N[C@](C=O)(C1CCCCC1)N1CCC(c2ccc(Cl)cc2)CC1. The molecule has 2 aliphatic rings. The molecule has 0 aromatic heterocycles. The molecule has 1 aromatic rings. The van der Waals surface area contributed by atoms with E-state index in [4.69, 9.17) is 17.3 Å². The molecule has 3 nitrogen and oxygen atoms in total. The van der Waals surface area contributed by atoms with Gasteiger partial charge in [0.1, 0.15) is 5.66 Å². The molecule has 0 spiro atoms. The molecule has 1 heterocycles. The molecule has 0 bridgehead atoms. The lowest BCUT2D eigenvalue weighted by molar-refractivity contribution is -0.124. The lowest BCUT2D eigenvalue weighted by Crippen LogP contribution is -2.64. The minimum Gasteiger partial charge on any atom is -0.307 e. The van der Waals surface area contributed by atoms with Crippen LogP contribution in [0.1, 0.15) is 56.4 Å². The number of rotatable bonds is 4. The van der Waals surface area contributed by atoms with Gasteiger partial charge in [-0.2, -0.15) is 0 Å². The maximum Gasteiger partial charge on any atom is 0.154 e. The average Bonchev–Trinajstić information content (AvgIpc) is 2.62. The second kappa shape index (κ2) is 8.66. The van der Waals surface area contributed by atoms with Crippen molar-refractivity contribution in [1.82, 2.24) is 4.90 Å². The summed E-state index contributed by atoms with van der Waals surface area (Å²) >= 11 is 5.97. The van der Waals surface area contributed by atoms with Gasteiger partial charge in [-0.15, -0.1) is 12.4 Å². The van der Waals surface area contributed by atoms with E-state index in [2.05, 4.69) is 17.0 Å². The van der Waals surface area contributed by atoms with Crippen LogP contribution < -0.4 is 5.73 Å². The van der Waals surface area contributed by atoms with E-state index in [-0.39, 0.29) is 12.4 Å². The van der Waals surface area contributed by atoms with Gasteiger partial charge in [-0.05, 0) is 55.2 Å². The first kappa shape index (κ1) is 19.7. The fourth-order valence-electron chi connectivity index (χ4n) is 4.33. The molecular weight excluding hydrogens is 343 g/mol. The Labute approximate surface area is 156 Å². The molecule has 0 unspecified atom stereocenters. The second-order valence-electron chi connectivity index (χ2n) is 7.15. The molecule has 1 saturated heterocycles. The zero-order valence-corrected chi connectivity index (χ0v) is 15.7. The number of benzene rings is 1. The highest BCUT2D eigenvalue weighted by Gasteiger charge is 2.42. The van der Waals surface area contributed by atoms with Gasteiger partial charge in [0.15, 0.2) is 6.29 Å². The molecular formula is C19H28Cl2N2O. The van der Waals surface area contributed by atoms with Crippen molar-refractivity contribution >= 4 is 30.3 Å². The first-order valence-corrected chi connectivity index (χ1v) is 9.27. The maximum atomic E-state index is 11.8. The van der Waals surface area contributed by atoms with Crippen LogP contribution >= 0.6 is 24.0 Å². The maximum absolute atomic E-state index is 11.8. The minimum absolute atomic E-state index is 0. The van der Waals surface area contributed by atoms with Crippen molar-refractivity contribution in [1.29, 1.82) is 0 Å². The Hall–Kier alpha value is -0.610. The van der Waals surface area contributed by atoms with Crippen molar-refractivity contribution in [2.45, 2.75) is 56.5 Å². The molecule has 0 radical (unpaired) electrons. The van der Waals surface area contributed by atoms with Gasteiger partial charge in [0, 0.05) is 18.1 Å². The van der Waals surface area contributed by atoms with Crippen LogP contribution in [0, 0.1) is 5.92 Å². The Balaban J connectivity index is 0.00000208. The zero-order chi connectivity index (χ0) is 16.3. The summed E-state index contributed by atoms with van der Waals surface area (Å²) < 4.78 is 0. The van der Waals surface area contributed by atoms with E-state index in [1.54, 1.807) is 0 Å². The molecule has 2 N–H and O–H groups in total. The summed E-state index contributed by atoms with van der Waals surface area (Å²) in [7, 11) is 0. The molecule has 0 amide bonds. The van der Waals surface area contributed by atoms with Gasteiger partial charge in [0.05, 0.1) is 0 Å². The zero-order valence-electron chi connectivity index (χ0n) is 14.1. The van der Waals surface area contributed by atoms with E-state index in [1.807, 2.05) is 12.1 Å². The lowest BCUT2D eigenvalue weighted by atomic mass is 9.78. The Kier molecular flexibility index (Phi) is 7.11. The first-order chi connectivity index (χ1) is 11.1. The Morgan fingerprint density at radius 3 is 2.17 bits per heavy atom. The standard InChI is InChI=1S/C19H27ClN2O.ClH/c20-18-8-6-15(7-9-18)16-10-12-22(13-11-16)19(21,14-23)17-4-2-1-3-5-17;/h6-9,14,16-17H,1-5,10-13,21H2;1H/t19-;/m0./s1. The average molecular weight is 371 g/mol. The van der Waals surface area contributed by atoms with Crippen molar-refractivity contribution in [2.24, 2.45) is 11.7 Å². The highest BCUT2D eigenvalue weighted by atomic mass is 35.5. The van der Waals surface area contributed by atoms with Crippen LogP contribution in [0.15, 0.2) is 24.3 Å². The number of carbonyl (C=O) groups is 1. The fraction of sp³-hybridized carbons (Fsp3) is 0.632. The quantitative estimate of drug-likeness (QED) is 0.800. The third kappa shape index (κ3) is 4.13. The van der Waals surface area contributed by atoms with Crippen LogP contribution in [-0.2, 0) is 4.79 Å². The number of nitrogens with two attached hydrogens (primary N) is 1. The van der Waals surface area contributed by atoms with Gasteiger partial charge in [0.2, 0.25) is 0 Å². The van der Waals surface area contributed by atoms with Crippen molar-refractivity contribution in [3.63, 3.8) is 0 Å². The van der Waals surface area contributed by atoms with E-state index < -0.39 is 5.66 Å². The summed E-state index contributed by atoms with van der Waals surface area (Å²) in [5, 5.41) is 0.783. The third-order valence-corrected chi connectivity index (χ3v) is 6.08. The summed E-state index contributed by atoms with van der Waals surface area (Å²) in [6, 6.07) is 8.17. The molecule has 1 atom stereocenters. The summed E-state index contributed by atoms with van der Waals surface area (Å²) in [5.74, 6) is 0.867. The monoisotopic (exact) mass is 370 g/mol. The number of aldehydes is 1. The number of hydrogen-bond donors (Lipinski definition) is 1. The highest BCUT2D eigenvalue weighted by molar-refractivity contribution is 6.30. The van der Waals surface area contributed by atoms with E-state index in [0.29, 0.717) is 11.8 Å². The largest absolute Gasteiger partial charge is 0.307 e. The number of nitrogens with zero attached hydrogens (tertiary/aromatic N) is 1. The number of hydrogen-bond acceptors (Lipinski definition) is 3. The number of piperidine rings is 1. The number of halogens is 2. The van der Waals surface area contributed by atoms with Gasteiger partial charge in [-0.25, -0.2) is 0 Å². The molecule has 24 heavy (non-hydrogen) atoms. The van der Waals surface area contributed by atoms with Crippen LogP contribution in [0.5, 0.6) is 0 Å². The van der Waals surface area contributed by atoms with Crippen molar-refractivity contribution in [3.8, 4) is 0 Å². The molecule has 1 aliphatic heterocycles. The Bertz CT molecular complexity index is 523. The van der Waals surface area contributed by atoms with E-state index in [0.717, 1.165) is 50.1 Å².